The lowest BCUT2D eigenvalue weighted by Crippen LogP contribution is -2.36. The van der Waals surface area contributed by atoms with E-state index in [-0.39, 0.29) is 30.1 Å². The summed E-state index contributed by atoms with van der Waals surface area (Å²) < 4.78 is 11.6. The maximum atomic E-state index is 6.17. The van der Waals surface area contributed by atoms with Crippen molar-refractivity contribution in [1.29, 1.82) is 0 Å². The fourth-order valence-electron chi connectivity index (χ4n) is 2.98. The Morgan fingerprint density at radius 2 is 2.00 bits per heavy atom. The quantitative estimate of drug-likeness (QED) is 0.329. The number of nitrogens with one attached hydrogen (secondary N) is 2. The van der Waals surface area contributed by atoms with Crippen molar-refractivity contribution in [3.63, 3.8) is 0 Å². The fourth-order valence-corrected chi connectivity index (χ4v) is 3.88. The van der Waals surface area contributed by atoms with Gasteiger partial charge in [0.25, 0.3) is 0 Å². The van der Waals surface area contributed by atoms with Crippen LogP contribution in [0.25, 0.3) is 0 Å². The molecule has 2 heterocycles. The van der Waals surface area contributed by atoms with Crippen LogP contribution in [0.5, 0.6) is 5.75 Å². The Balaban J connectivity index is 0.00000280. The average Bonchev–Trinajstić information content (AvgIpc) is 3.35. The molecule has 2 aromatic rings. The largest absolute Gasteiger partial charge is 0.488 e. The Bertz CT molecular complexity index is 773. The van der Waals surface area contributed by atoms with Gasteiger partial charge in [-0.2, -0.15) is 0 Å². The van der Waals surface area contributed by atoms with Crippen LogP contribution in [0.1, 0.15) is 34.2 Å². The van der Waals surface area contributed by atoms with Crippen LogP contribution in [0, 0.1) is 6.92 Å². The molecule has 1 fully saturated rings. The molecule has 0 radical (unpaired) electrons. The monoisotopic (exact) mass is 515 g/mol. The zero-order chi connectivity index (χ0) is 19.1. The summed E-state index contributed by atoms with van der Waals surface area (Å²) in [4.78, 5) is 7.06. The van der Waals surface area contributed by atoms with E-state index in [1.54, 1.807) is 7.05 Å². The topological polar surface area (TPSA) is 54.9 Å². The summed E-state index contributed by atoms with van der Waals surface area (Å²) in [6.07, 6.45) is 2.18. The van der Waals surface area contributed by atoms with Gasteiger partial charge >= 0.3 is 0 Å². The minimum atomic E-state index is 0. The highest BCUT2D eigenvalue weighted by Gasteiger charge is 2.18. The molecular formula is C21H30IN3O2S. The third-order valence-electron chi connectivity index (χ3n) is 4.57. The Labute approximate surface area is 189 Å². The van der Waals surface area contributed by atoms with Gasteiger partial charge in [-0.3, -0.25) is 4.99 Å². The van der Waals surface area contributed by atoms with Crippen LogP contribution < -0.4 is 15.4 Å². The number of halogens is 1. The van der Waals surface area contributed by atoms with Crippen LogP contribution >= 0.6 is 35.3 Å². The summed E-state index contributed by atoms with van der Waals surface area (Å²) in [7, 11) is 1.80. The zero-order valence-electron chi connectivity index (χ0n) is 16.8. The molecule has 5 nitrogen and oxygen atoms in total. The maximum absolute atomic E-state index is 6.17. The van der Waals surface area contributed by atoms with E-state index in [2.05, 4.69) is 59.8 Å². The lowest BCUT2D eigenvalue weighted by atomic mass is 10.1. The van der Waals surface area contributed by atoms with Crippen LogP contribution in [-0.4, -0.2) is 32.3 Å². The molecule has 0 saturated carbocycles. The molecule has 28 heavy (non-hydrogen) atoms. The average molecular weight is 515 g/mol. The van der Waals surface area contributed by atoms with Crippen molar-refractivity contribution in [2.45, 2.75) is 45.9 Å². The van der Waals surface area contributed by atoms with Crippen molar-refractivity contribution in [2.24, 2.45) is 4.99 Å². The number of thiophene rings is 1. The number of hydrogen-bond donors (Lipinski definition) is 2. The molecule has 2 N–H and O–H groups in total. The summed E-state index contributed by atoms with van der Waals surface area (Å²) in [5.74, 6) is 1.72. The first kappa shape index (κ1) is 23.0. The highest BCUT2D eigenvalue weighted by atomic mass is 127. The van der Waals surface area contributed by atoms with Crippen molar-refractivity contribution in [1.82, 2.24) is 10.6 Å². The van der Waals surface area contributed by atoms with Gasteiger partial charge in [-0.05, 0) is 37.1 Å². The summed E-state index contributed by atoms with van der Waals surface area (Å²) in [6.45, 7) is 7.16. The number of aryl methyl sites for hydroxylation is 2. The predicted octanol–water partition coefficient (Wildman–Crippen LogP) is 4.27. The SMILES string of the molecule is CCc1ccc(CNC(=NC)NCc2ccc(C)cc2OC2CCOC2)s1.I. The van der Waals surface area contributed by atoms with Gasteiger partial charge in [0.05, 0.1) is 19.8 Å². The van der Waals surface area contributed by atoms with Gasteiger partial charge < -0.3 is 20.1 Å². The Kier molecular flexibility index (Phi) is 9.53. The first-order valence-electron chi connectivity index (χ1n) is 9.54. The Morgan fingerprint density at radius 3 is 2.68 bits per heavy atom. The highest BCUT2D eigenvalue weighted by molar-refractivity contribution is 14.0. The third-order valence-corrected chi connectivity index (χ3v) is 5.80. The standard InChI is InChI=1S/C21H29N3O2S.HI/c1-4-18-7-8-19(27-18)13-24-21(22-3)23-12-16-6-5-15(2)11-20(16)26-17-9-10-25-14-17;/h5-8,11,17H,4,9-10,12-14H2,1-3H3,(H2,22,23,24);1H. The van der Waals surface area contributed by atoms with Gasteiger partial charge in [0.15, 0.2) is 5.96 Å². The van der Waals surface area contributed by atoms with Gasteiger partial charge in [0, 0.05) is 35.3 Å². The van der Waals surface area contributed by atoms with Gasteiger partial charge in [-0.25, -0.2) is 0 Å². The molecular weight excluding hydrogens is 485 g/mol. The molecule has 7 heteroatoms. The summed E-state index contributed by atoms with van der Waals surface area (Å²) in [5, 5.41) is 6.78. The molecule has 0 spiro atoms. The summed E-state index contributed by atoms with van der Waals surface area (Å²) in [6, 6.07) is 10.7. The van der Waals surface area contributed by atoms with Crippen molar-refractivity contribution in [3.05, 3.63) is 51.2 Å². The van der Waals surface area contributed by atoms with E-state index >= 15 is 0 Å². The second kappa shape index (κ2) is 11.6. The van der Waals surface area contributed by atoms with Crippen LogP contribution in [0.4, 0.5) is 0 Å². The van der Waals surface area contributed by atoms with Crippen LogP contribution in [0.2, 0.25) is 0 Å². The predicted molar refractivity (Wildman–Crippen MR) is 127 cm³/mol. The lowest BCUT2D eigenvalue weighted by molar-refractivity contribution is 0.140. The van der Waals surface area contributed by atoms with E-state index in [1.165, 1.54) is 15.3 Å². The van der Waals surface area contributed by atoms with Crippen molar-refractivity contribution < 1.29 is 9.47 Å². The maximum Gasteiger partial charge on any atom is 0.191 e. The smallest absolute Gasteiger partial charge is 0.191 e. The highest BCUT2D eigenvalue weighted by Crippen LogP contribution is 2.24. The van der Waals surface area contributed by atoms with Crippen LogP contribution in [0.15, 0.2) is 35.3 Å². The molecule has 0 aliphatic carbocycles. The molecule has 1 atom stereocenters. The van der Waals surface area contributed by atoms with Gasteiger partial charge in [-0.15, -0.1) is 35.3 Å². The Morgan fingerprint density at radius 1 is 1.21 bits per heavy atom. The second-order valence-electron chi connectivity index (χ2n) is 6.72. The van der Waals surface area contributed by atoms with Crippen LogP contribution in [-0.2, 0) is 24.2 Å². The summed E-state index contributed by atoms with van der Waals surface area (Å²) in [5.41, 5.74) is 2.32. The number of nitrogens with zero attached hydrogens (tertiary/aromatic N) is 1. The fraction of sp³-hybridized carbons (Fsp3) is 0.476. The summed E-state index contributed by atoms with van der Waals surface area (Å²) >= 11 is 1.84. The number of benzene rings is 1. The molecule has 1 saturated heterocycles. The van der Waals surface area contributed by atoms with E-state index in [0.717, 1.165) is 43.3 Å². The lowest BCUT2D eigenvalue weighted by Gasteiger charge is -2.18. The number of rotatable bonds is 7. The van der Waals surface area contributed by atoms with Gasteiger partial charge in [0.2, 0.25) is 0 Å². The second-order valence-corrected chi connectivity index (χ2v) is 7.97. The van der Waals surface area contributed by atoms with Crippen LogP contribution in [0.3, 0.4) is 0 Å². The third kappa shape index (κ3) is 6.63. The minimum Gasteiger partial charge on any atom is -0.488 e. The van der Waals surface area contributed by atoms with E-state index in [1.807, 2.05) is 11.3 Å². The first-order valence-corrected chi connectivity index (χ1v) is 10.4. The normalized spacial score (nSPS) is 16.5. The first-order chi connectivity index (χ1) is 13.2. The Hall–Kier alpha value is -1.32. The van der Waals surface area contributed by atoms with Crippen molar-refractivity contribution >= 4 is 41.3 Å². The van der Waals surface area contributed by atoms with E-state index in [4.69, 9.17) is 9.47 Å². The molecule has 154 valence electrons. The number of aliphatic imine (C=N–C) groups is 1. The minimum absolute atomic E-state index is 0. The van der Waals surface area contributed by atoms with E-state index in [9.17, 15) is 0 Å². The van der Waals surface area contributed by atoms with Gasteiger partial charge in [0.1, 0.15) is 11.9 Å². The molecule has 0 bridgehead atoms. The van der Waals surface area contributed by atoms with Crippen molar-refractivity contribution in [2.75, 3.05) is 20.3 Å². The molecule has 1 aliphatic heterocycles. The van der Waals surface area contributed by atoms with Crippen molar-refractivity contribution in [3.8, 4) is 5.75 Å². The molecule has 1 aromatic heterocycles. The zero-order valence-corrected chi connectivity index (χ0v) is 19.9. The molecule has 1 aromatic carbocycles. The van der Waals surface area contributed by atoms with E-state index < -0.39 is 0 Å². The number of ether oxygens (including phenoxy) is 2. The van der Waals surface area contributed by atoms with E-state index in [0.29, 0.717) is 13.2 Å². The number of guanidine groups is 1. The molecule has 0 amide bonds. The molecule has 1 aliphatic rings. The molecule has 3 rings (SSSR count). The van der Waals surface area contributed by atoms with Gasteiger partial charge in [-0.1, -0.05) is 19.1 Å². The molecule has 1 unspecified atom stereocenters. The number of hydrogen-bond acceptors (Lipinski definition) is 4.